The lowest BCUT2D eigenvalue weighted by Gasteiger charge is -2.35. The van der Waals surface area contributed by atoms with Crippen LogP contribution >= 0.6 is 11.3 Å². The number of carbonyl (C=O) groups is 3. The van der Waals surface area contributed by atoms with Gasteiger partial charge in [-0.25, -0.2) is 0 Å². The van der Waals surface area contributed by atoms with Gasteiger partial charge in [0.1, 0.15) is 11.8 Å². The average molecular weight is 508 g/mol. The lowest BCUT2D eigenvalue weighted by molar-refractivity contribution is -0.127. The molecular formula is C28H33N3O4S. The summed E-state index contributed by atoms with van der Waals surface area (Å²) in [6.45, 7) is 7.54. The molecule has 0 bridgehead atoms. The Hall–Kier alpha value is -3.65. The van der Waals surface area contributed by atoms with E-state index >= 15 is 0 Å². The number of nitrogens with one attached hydrogen (secondary N) is 2. The van der Waals surface area contributed by atoms with Crippen molar-refractivity contribution in [1.82, 2.24) is 10.6 Å². The van der Waals surface area contributed by atoms with Crippen LogP contribution in [0, 0.1) is 6.92 Å². The van der Waals surface area contributed by atoms with Crippen LogP contribution in [-0.2, 0) is 9.59 Å². The third kappa shape index (κ3) is 6.51. The number of hydrogen-bond acceptors (Lipinski definition) is 5. The highest BCUT2D eigenvalue weighted by atomic mass is 32.1. The zero-order chi connectivity index (χ0) is 26.3. The molecule has 0 radical (unpaired) electrons. The normalized spacial score (nSPS) is 11.9. The third-order valence-electron chi connectivity index (χ3n) is 6.00. The van der Waals surface area contributed by atoms with Crippen molar-refractivity contribution in [1.29, 1.82) is 0 Å². The molecule has 1 atom stereocenters. The molecule has 0 fully saturated rings. The van der Waals surface area contributed by atoms with E-state index in [2.05, 4.69) is 10.6 Å². The number of hydrogen-bond donors (Lipinski definition) is 2. The Kier molecular flexibility index (Phi) is 8.88. The molecule has 0 aliphatic rings. The molecule has 3 aromatic rings. The molecule has 3 amide bonds. The van der Waals surface area contributed by atoms with Crippen molar-refractivity contribution >= 4 is 34.7 Å². The quantitative estimate of drug-likeness (QED) is 0.410. The zero-order valence-electron chi connectivity index (χ0n) is 21.3. The van der Waals surface area contributed by atoms with Crippen LogP contribution in [0.15, 0.2) is 66.0 Å². The van der Waals surface area contributed by atoms with Gasteiger partial charge in [0.25, 0.3) is 5.91 Å². The van der Waals surface area contributed by atoms with Gasteiger partial charge in [0, 0.05) is 5.54 Å². The summed E-state index contributed by atoms with van der Waals surface area (Å²) in [5.74, 6) is -0.675. The summed E-state index contributed by atoms with van der Waals surface area (Å²) in [6, 6.07) is 17.0. The number of benzene rings is 2. The summed E-state index contributed by atoms with van der Waals surface area (Å²) >= 11 is 1.29. The summed E-state index contributed by atoms with van der Waals surface area (Å²) in [4.78, 5) is 42.1. The molecule has 36 heavy (non-hydrogen) atoms. The summed E-state index contributed by atoms with van der Waals surface area (Å²) in [5.41, 5.74) is 1.63. The van der Waals surface area contributed by atoms with E-state index in [1.54, 1.807) is 41.8 Å². The second-order valence-corrected chi connectivity index (χ2v) is 10.1. The zero-order valence-corrected chi connectivity index (χ0v) is 22.1. The van der Waals surface area contributed by atoms with E-state index in [9.17, 15) is 14.4 Å². The lowest BCUT2D eigenvalue weighted by Crippen LogP contribution is -2.52. The molecule has 0 spiro atoms. The predicted octanol–water partition coefficient (Wildman–Crippen LogP) is 4.87. The van der Waals surface area contributed by atoms with Crippen molar-refractivity contribution in [3.63, 3.8) is 0 Å². The molecule has 0 aliphatic carbocycles. The van der Waals surface area contributed by atoms with Crippen molar-refractivity contribution in [2.24, 2.45) is 0 Å². The van der Waals surface area contributed by atoms with Gasteiger partial charge in [-0.2, -0.15) is 0 Å². The number of thiophene rings is 1. The molecular weight excluding hydrogens is 474 g/mol. The topological polar surface area (TPSA) is 87.7 Å². The largest absolute Gasteiger partial charge is 0.495 e. The van der Waals surface area contributed by atoms with E-state index in [1.165, 1.54) is 23.3 Å². The minimum absolute atomic E-state index is 0.290. The Morgan fingerprint density at radius 1 is 1.03 bits per heavy atom. The number of ether oxygens (including phenoxy) is 1. The molecule has 190 valence electrons. The van der Waals surface area contributed by atoms with Crippen molar-refractivity contribution < 1.29 is 19.1 Å². The maximum absolute atomic E-state index is 13.8. The number of methoxy groups -OCH3 is 1. The van der Waals surface area contributed by atoms with Gasteiger partial charge in [-0.15, -0.1) is 11.3 Å². The Balaban J connectivity index is 2.07. The summed E-state index contributed by atoms with van der Waals surface area (Å²) in [5, 5.41) is 7.58. The van der Waals surface area contributed by atoms with Crippen molar-refractivity contribution in [2.45, 2.75) is 45.7 Å². The van der Waals surface area contributed by atoms with Gasteiger partial charge in [-0.1, -0.05) is 55.0 Å². The second kappa shape index (κ2) is 11.9. The molecule has 1 aromatic heterocycles. The average Bonchev–Trinajstić information content (AvgIpc) is 3.41. The van der Waals surface area contributed by atoms with Gasteiger partial charge in [-0.3, -0.25) is 19.3 Å². The molecule has 2 aromatic carbocycles. The fourth-order valence-corrected chi connectivity index (χ4v) is 4.28. The molecule has 8 heteroatoms. The molecule has 1 unspecified atom stereocenters. The Labute approximate surface area is 216 Å². The Morgan fingerprint density at radius 2 is 1.72 bits per heavy atom. The number of carbonyl (C=O) groups excluding carboxylic acids is 3. The smallest absolute Gasteiger partial charge is 0.261 e. The number of para-hydroxylation sites is 2. The van der Waals surface area contributed by atoms with Gasteiger partial charge in [-0.05, 0) is 56.3 Å². The summed E-state index contributed by atoms with van der Waals surface area (Å²) < 4.78 is 5.56. The molecule has 1 heterocycles. The highest BCUT2D eigenvalue weighted by Gasteiger charge is 2.36. The number of rotatable bonds is 10. The van der Waals surface area contributed by atoms with E-state index in [1.807, 2.05) is 52.0 Å². The molecule has 2 N–H and O–H groups in total. The standard InChI is InChI=1S/C28H33N3O4S/c1-6-28(3,4)30-27(34)25(20-15-13-19(2)14-16-20)31(21-10-7-8-11-22(21)35-5)24(32)18-29-26(33)23-12-9-17-36-23/h7-17,25H,6,18H2,1-5H3,(H,29,33)(H,30,34). The van der Waals surface area contributed by atoms with E-state index < -0.39 is 17.5 Å². The molecule has 0 saturated heterocycles. The number of nitrogens with zero attached hydrogens (tertiary/aromatic N) is 1. The van der Waals surface area contributed by atoms with Crippen LogP contribution in [0.1, 0.15) is 54.0 Å². The van der Waals surface area contributed by atoms with E-state index in [4.69, 9.17) is 4.74 Å². The third-order valence-corrected chi connectivity index (χ3v) is 6.87. The summed E-state index contributed by atoms with van der Waals surface area (Å²) in [7, 11) is 1.52. The first kappa shape index (κ1) is 26.9. The minimum atomic E-state index is -0.987. The van der Waals surface area contributed by atoms with Crippen molar-refractivity contribution in [2.75, 3.05) is 18.6 Å². The monoisotopic (exact) mass is 507 g/mol. The molecule has 0 saturated carbocycles. The maximum Gasteiger partial charge on any atom is 0.261 e. The highest BCUT2D eigenvalue weighted by Crippen LogP contribution is 2.35. The fourth-order valence-electron chi connectivity index (χ4n) is 3.64. The first-order chi connectivity index (χ1) is 17.2. The SMILES string of the molecule is CCC(C)(C)NC(=O)C(c1ccc(C)cc1)N(C(=O)CNC(=O)c1cccs1)c1ccccc1OC. The lowest BCUT2D eigenvalue weighted by atomic mass is 9.97. The molecule has 7 nitrogen and oxygen atoms in total. The van der Waals surface area contributed by atoms with E-state index in [-0.39, 0.29) is 18.4 Å². The van der Waals surface area contributed by atoms with Gasteiger partial charge in [0.2, 0.25) is 11.8 Å². The van der Waals surface area contributed by atoms with Crippen LogP contribution < -0.4 is 20.3 Å². The summed E-state index contributed by atoms with van der Waals surface area (Å²) in [6.07, 6.45) is 0.707. The van der Waals surface area contributed by atoms with Crippen LogP contribution in [0.4, 0.5) is 5.69 Å². The van der Waals surface area contributed by atoms with E-state index in [0.717, 1.165) is 5.56 Å². The Morgan fingerprint density at radius 3 is 2.33 bits per heavy atom. The van der Waals surface area contributed by atoms with Gasteiger partial charge in [0.15, 0.2) is 0 Å². The molecule has 3 rings (SSSR count). The van der Waals surface area contributed by atoms with Crippen LogP contribution in [0.25, 0.3) is 0 Å². The number of anilines is 1. The van der Waals surface area contributed by atoms with Crippen molar-refractivity contribution in [3.05, 3.63) is 82.0 Å². The van der Waals surface area contributed by atoms with Gasteiger partial charge >= 0.3 is 0 Å². The first-order valence-electron chi connectivity index (χ1n) is 11.8. The van der Waals surface area contributed by atoms with Crippen LogP contribution in [-0.4, -0.2) is 36.9 Å². The van der Waals surface area contributed by atoms with Gasteiger partial charge < -0.3 is 15.4 Å². The maximum atomic E-state index is 13.8. The minimum Gasteiger partial charge on any atom is -0.495 e. The van der Waals surface area contributed by atoms with Crippen LogP contribution in [0.3, 0.4) is 0 Å². The molecule has 0 aliphatic heterocycles. The Bertz CT molecular complexity index is 1190. The number of aryl methyl sites for hydroxylation is 1. The number of amides is 3. The first-order valence-corrected chi connectivity index (χ1v) is 12.7. The predicted molar refractivity (Wildman–Crippen MR) is 144 cm³/mol. The van der Waals surface area contributed by atoms with Crippen molar-refractivity contribution in [3.8, 4) is 5.75 Å². The van der Waals surface area contributed by atoms with E-state index in [0.29, 0.717) is 28.3 Å². The fraction of sp³-hybridized carbons (Fsp3) is 0.321. The van der Waals surface area contributed by atoms with Crippen LogP contribution in [0.2, 0.25) is 0 Å². The second-order valence-electron chi connectivity index (χ2n) is 9.14. The van der Waals surface area contributed by atoms with Crippen LogP contribution in [0.5, 0.6) is 5.75 Å². The van der Waals surface area contributed by atoms with Gasteiger partial charge in [0.05, 0.1) is 24.2 Å². The highest BCUT2D eigenvalue weighted by molar-refractivity contribution is 7.12.